The Labute approximate surface area is 86.1 Å². The molecule has 0 bridgehead atoms. The minimum Gasteiger partial charge on any atom is -0.391 e. The molecule has 1 saturated heterocycles. The quantitative estimate of drug-likeness (QED) is 0.743. The molecule has 1 heterocycles. The molecule has 0 aromatic carbocycles. The van der Waals surface area contributed by atoms with Crippen molar-refractivity contribution in [1.29, 1.82) is 0 Å². The molecule has 0 saturated carbocycles. The first-order valence-electron chi connectivity index (χ1n) is 5.61. The van der Waals surface area contributed by atoms with Gasteiger partial charge >= 0.3 is 0 Å². The number of carbonyl (C=O) groups excluding carboxylic acids is 1. The van der Waals surface area contributed by atoms with E-state index in [1.807, 2.05) is 6.92 Å². The van der Waals surface area contributed by atoms with Crippen LogP contribution in [0.3, 0.4) is 0 Å². The Hall–Kier alpha value is -0.570. The van der Waals surface area contributed by atoms with Gasteiger partial charge in [-0.25, -0.2) is 0 Å². The number of hydrogen-bond donors (Lipinski definition) is 1. The molecular weight excluding hydrogens is 178 g/mol. The van der Waals surface area contributed by atoms with Crippen molar-refractivity contribution in [3.63, 3.8) is 0 Å². The molecule has 3 nitrogen and oxygen atoms in total. The van der Waals surface area contributed by atoms with Crippen LogP contribution in [0.25, 0.3) is 0 Å². The molecule has 1 rings (SSSR count). The molecule has 82 valence electrons. The lowest BCUT2D eigenvalue weighted by Gasteiger charge is -2.30. The van der Waals surface area contributed by atoms with Crippen LogP contribution in [0.2, 0.25) is 0 Å². The highest BCUT2D eigenvalue weighted by molar-refractivity contribution is 5.76. The first-order valence-corrected chi connectivity index (χ1v) is 5.61. The van der Waals surface area contributed by atoms with E-state index >= 15 is 0 Å². The highest BCUT2D eigenvalue weighted by Gasteiger charge is 2.22. The summed E-state index contributed by atoms with van der Waals surface area (Å²) in [5, 5.41) is 9.79. The van der Waals surface area contributed by atoms with Crippen LogP contribution >= 0.6 is 0 Å². The summed E-state index contributed by atoms with van der Waals surface area (Å²) in [6, 6.07) is 0. The molecule has 0 aliphatic carbocycles. The summed E-state index contributed by atoms with van der Waals surface area (Å²) in [4.78, 5) is 13.3. The number of carbonyl (C=O) groups is 1. The summed E-state index contributed by atoms with van der Waals surface area (Å²) in [6.07, 6.45) is 3.35. The van der Waals surface area contributed by atoms with Gasteiger partial charge < -0.3 is 10.0 Å². The summed E-state index contributed by atoms with van der Waals surface area (Å²) >= 11 is 0. The number of likely N-dealkylation sites (tertiary alicyclic amines) is 1. The van der Waals surface area contributed by atoms with E-state index in [9.17, 15) is 9.90 Å². The second-order valence-corrected chi connectivity index (χ2v) is 4.25. The van der Waals surface area contributed by atoms with Crippen molar-refractivity contribution in [3.8, 4) is 0 Å². The molecule has 0 spiro atoms. The van der Waals surface area contributed by atoms with Gasteiger partial charge in [-0.2, -0.15) is 0 Å². The summed E-state index contributed by atoms with van der Waals surface area (Å²) < 4.78 is 0. The predicted octanol–water partition coefficient (Wildman–Crippen LogP) is 1.41. The average molecular weight is 199 g/mol. The average Bonchev–Trinajstić information content (AvgIpc) is 2.20. The van der Waals surface area contributed by atoms with Crippen molar-refractivity contribution in [1.82, 2.24) is 4.90 Å². The SMILES string of the molecule is CCC(C)C(O)CN1CCCCC1=O. The number of piperidine rings is 1. The van der Waals surface area contributed by atoms with Crippen LogP contribution in [0.1, 0.15) is 39.5 Å². The zero-order chi connectivity index (χ0) is 10.6. The van der Waals surface area contributed by atoms with Gasteiger partial charge in [0.1, 0.15) is 0 Å². The zero-order valence-electron chi connectivity index (χ0n) is 9.20. The molecule has 0 aromatic heterocycles. The maximum Gasteiger partial charge on any atom is 0.222 e. The first kappa shape index (κ1) is 11.5. The first-order chi connectivity index (χ1) is 6.65. The third kappa shape index (κ3) is 2.98. The normalized spacial score (nSPS) is 22.2. The fraction of sp³-hybridized carbons (Fsp3) is 0.909. The van der Waals surface area contributed by atoms with Gasteiger partial charge in [-0.05, 0) is 18.8 Å². The van der Waals surface area contributed by atoms with Crippen LogP contribution in [-0.4, -0.2) is 35.1 Å². The van der Waals surface area contributed by atoms with E-state index in [-0.39, 0.29) is 17.9 Å². The zero-order valence-corrected chi connectivity index (χ0v) is 9.20. The van der Waals surface area contributed by atoms with Crippen LogP contribution in [0, 0.1) is 5.92 Å². The second kappa shape index (κ2) is 5.35. The minimum atomic E-state index is -0.359. The number of nitrogens with zero attached hydrogens (tertiary/aromatic N) is 1. The number of aliphatic hydroxyl groups is 1. The molecule has 3 heteroatoms. The number of β-amino-alcohol motifs (C(OH)–C–C–N with tert-alkyl or cyclic N) is 1. The van der Waals surface area contributed by atoms with Crippen molar-refractivity contribution < 1.29 is 9.90 Å². The van der Waals surface area contributed by atoms with Gasteiger partial charge in [0.05, 0.1) is 6.10 Å². The summed E-state index contributed by atoms with van der Waals surface area (Å²) in [5.74, 6) is 0.489. The Balaban J connectivity index is 2.38. The van der Waals surface area contributed by atoms with Gasteiger partial charge in [0, 0.05) is 19.5 Å². The standard InChI is InChI=1S/C11H21NO2/c1-3-9(2)10(13)8-12-7-5-4-6-11(12)14/h9-10,13H,3-8H2,1-2H3. The Kier molecular flexibility index (Phi) is 4.39. The number of rotatable bonds is 4. The molecule has 0 radical (unpaired) electrons. The van der Waals surface area contributed by atoms with Gasteiger partial charge in [0.25, 0.3) is 0 Å². The third-order valence-electron chi connectivity index (χ3n) is 3.13. The number of hydrogen-bond acceptors (Lipinski definition) is 2. The molecule has 2 unspecified atom stereocenters. The molecule has 1 fully saturated rings. The van der Waals surface area contributed by atoms with Crippen LogP contribution in [0.5, 0.6) is 0 Å². The molecule has 1 aliphatic rings. The van der Waals surface area contributed by atoms with Crippen LogP contribution in [0.15, 0.2) is 0 Å². The van der Waals surface area contributed by atoms with E-state index in [1.165, 1.54) is 0 Å². The van der Waals surface area contributed by atoms with Crippen molar-refractivity contribution >= 4 is 5.91 Å². The van der Waals surface area contributed by atoms with Gasteiger partial charge in [-0.15, -0.1) is 0 Å². The molecule has 1 N–H and O–H groups in total. The van der Waals surface area contributed by atoms with Crippen molar-refractivity contribution in [2.24, 2.45) is 5.92 Å². The molecule has 1 amide bonds. The fourth-order valence-corrected chi connectivity index (χ4v) is 1.73. The maximum absolute atomic E-state index is 11.5. The summed E-state index contributed by atoms with van der Waals surface area (Å²) in [6.45, 7) is 5.44. The van der Waals surface area contributed by atoms with Gasteiger partial charge in [0.15, 0.2) is 0 Å². The minimum absolute atomic E-state index is 0.207. The van der Waals surface area contributed by atoms with Crippen molar-refractivity contribution in [2.45, 2.75) is 45.6 Å². The third-order valence-corrected chi connectivity index (χ3v) is 3.13. The topological polar surface area (TPSA) is 40.5 Å². The van der Waals surface area contributed by atoms with Crippen molar-refractivity contribution in [2.75, 3.05) is 13.1 Å². The van der Waals surface area contributed by atoms with Crippen molar-refractivity contribution in [3.05, 3.63) is 0 Å². The number of amides is 1. The summed E-state index contributed by atoms with van der Waals surface area (Å²) in [7, 11) is 0. The Morgan fingerprint density at radius 2 is 2.21 bits per heavy atom. The Bertz CT molecular complexity index is 194. The van der Waals surface area contributed by atoms with Crippen LogP contribution < -0.4 is 0 Å². The lowest BCUT2D eigenvalue weighted by atomic mass is 10.0. The van der Waals surface area contributed by atoms with Gasteiger partial charge in [0.2, 0.25) is 5.91 Å². The summed E-state index contributed by atoms with van der Waals surface area (Å²) in [5.41, 5.74) is 0. The van der Waals surface area contributed by atoms with E-state index in [0.29, 0.717) is 13.0 Å². The molecule has 14 heavy (non-hydrogen) atoms. The lowest BCUT2D eigenvalue weighted by molar-refractivity contribution is -0.135. The second-order valence-electron chi connectivity index (χ2n) is 4.25. The highest BCUT2D eigenvalue weighted by atomic mass is 16.3. The van der Waals surface area contributed by atoms with Gasteiger partial charge in [-0.3, -0.25) is 4.79 Å². The number of aliphatic hydroxyl groups excluding tert-OH is 1. The monoisotopic (exact) mass is 199 g/mol. The van der Waals surface area contributed by atoms with E-state index in [4.69, 9.17) is 0 Å². The van der Waals surface area contributed by atoms with E-state index in [0.717, 1.165) is 25.8 Å². The van der Waals surface area contributed by atoms with E-state index < -0.39 is 0 Å². The smallest absolute Gasteiger partial charge is 0.222 e. The highest BCUT2D eigenvalue weighted by Crippen LogP contribution is 2.14. The molecule has 0 aromatic rings. The van der Waals surface area contributed by atoms with Crippen LogP contribution in [0.4, 0.5) is 0 Å². The molecule has 2 atom stereocenters. The lowest BCUT2D eigenvalue weighted by Crippen LogP contribution is -2.42. The maximum atomic E-state index is 11.5. The Morgan fingerprint density at radius 3 is 2.79 bits per heavy atom. The predicted molar refractivity (Wildman–Crippen MR) is 55.9 cm³/mol. The van der Waals surface area contributed by atoms with E-state index in [1.54, 1.807) is 4.90 Å². The largest absolute Gasteiger partial charge is 0.391 e. The Morgan fingerprint density at radius 1 is 1.50 bits per heavy atom. The molecular formula is C11H21NO2. The fourth-order valence-electron chi connectivity index (χ4n) is 1.73. The molecule has 1 aliphatic heterocycles. The van der Waals surface area contributed by atoms with Crippen LogP contribution in [-0.2, 0) is 4.79 Å². The van der Waals surface area contributed by atoms with E-state index in [2.05, 4.69) is 6.92 Å². The van der Waals surface area contributed by atoms with Gasteiger partial charge in [-0.1, -0.05) is 20.3 Å².